The van der Waals surface area contributed by atoms with Crippen molar-refractivity contribution in [2.24, 2.45) is 0 Å². The number of aromatic nitrogens is 2. The maximum atomic E-state index is 12.2. The number of hydrogen-bond donors (Lipinski definition) is 2. The fourth-order valence-corrected chi connectivity index (χ4v) is 2.79. The van der Waals surface area contributed by atoms with Gasteiger partial charge in [-0.15, -0.1) is 0 Å². The molecular weight excluding hydrogens is 332 g/mol. The minimum absolute atomic E-state index is 0.0657. The molecule has 0 radical (unpaired) electrons. The lowest BCUT2D eigenvalue weighted by atomic mass is 10.3. The molecular formula is C19H22N4O3. The lowest BCUT2D eigenvalue weighted by Gasteiger charge is -2.12. The number of fused-ring (bicyclic) bond motifs is 1. The molecule has 7 nitrogen and oxygen atoms in total. The van der Waals surface area contributed by atoms with E-state index in [9.17, 15) is 9.59 Å². The molecule has 0 unspecified atom stereocenters. The predicted molar refractivity (Wildman–Crippen MR) is 97.8 cm³/mol. The van der Waals surface area contributed by atoms with Crippen LogP contribution < -0.4 is 10.6 Å². The van der Waals surface area contributed by atoms with Gasteiger partial charge >= 0.3 is 0 Å². The molecule has 0 spiro atoms. The summed E-state index contributed by atoms with van der Waals surface area (Å²) < 4.78 is 6.97. The van der Waals surface area contributed by atoms with E-state index in [1.165, 1.54) is 6.26 Å². The lowest BCUT2D eigenvalue weighted by molar-refractivity contribution is -0.122. The van der Waals surface area contributed by atoms with Gasteiger partial charge in [0.2, 0.25) is 5.91 Å². The molecule has 0 fully saturated rings. The van der Waals surface area contributed by atoms with E-state index < -0.39 is 0 Å². The van der Waals surface area contributed by atoms with Crippen LogP contribution in [0.3, 0.4) is 0 Å². The van der Waals surface area contributed by atoms with Crippen LogP contribution in [-0.4, -0.2) is 34.0 Å². The normalized spacial score (nSPS) is 11.0. The Morgan fingerprint density at radius 2 is 2.00 bits per heavy atom. The zero-order valence-corrected chi connectivity index (χ0v) is 14.9. The maximum absolute atomic E-state index is 12.2. The summed E-state index contributed by atoms with van der Waals surface area (Å²) in [6, 6.07) is 11.0. The highest BCUT2D eigenvalue weighted by atomic mass is 16.3. The minimum atomic E-state index is -0.268. The molecule has 0 bridgehead atoms. The van der Waals surface area contributed by atoms with Gasteiger partial charge in [-0.2, -0.15) is 0 Å². The molecule has 2 N–H and O–H groups in total. The minimum Gasteiger partial charge on any atom is -0.459 e. The van der Waals surface area contributed by atoms with Gasteiger partial charge in [0.25, 0.3) is 5.91 Å². The van der Waals surface area contributed by atoms with Crippen molar-refractivity contribution in [1.82, 2.24) is 20.2 Å². The van der Waals surface area contributed by atoms with Gasteiger partial charge in [0.05, 0.1) is 17.3 Å². The molecule has 2 amide bonds. The number of furan rings is 1. The number of hydrogen-bond acceptors (Lipinski definition) is 4. The lowest BCUT2D eigenvalue weighted by Crippen LogP contribution is -2.33. The second-order valence-electron chi connectivity index (χ2n) is 6.31. The first-order chi connectivity index (χ1) is 12.5. The van der Waals surface area contributed by atoms with Crippen molar-refractivity contribution in [3.63, 3.8) is 0 Å². The molecule has 0 aliphatic heterocycles. The Hall–Kier alpha value is -3.09. The number of nitrogens with zero attached hydrogens (tertiary/aromatic N) is 2. The molecule has 0 saturated heterocycles. The molecule has 0 atom stereocenters. The summed E-state index contributed by atoms with van der Waals surface area (Å²) in [6.07, 6.45) is 1.97. The third-order valence-corrected chi connectivity index (χ3v) is 3.86. The Labute approximate surface area is 151 Å². The van der Waals surface area contributed by atoms with Crippen molar-refractivity contribution in [3.8, 4) is 0 Å². The van der Waals surface area contributed by atoms with Crippen LogP contribution in [0.4, 0.5) is 0 Å². The summed E-state index contributed by atoms with van der Waals surface area (Å²) in [6.45, 7) is 4.44. The third-order valence-electron chi connectivity index (χ3n) is 3.86. The number of carbonyl (C=O) groups excluding carboxylic acids is 2. The summed E-state index contributed by atoms with van der Waals surface area (Å²) >= 11 is 0. The SMILES string of the molecule is CC(C)NC(=O)Cn1c(CCNC(=O)c2ccco2)nc2ccccc21. The van der Waals surface area contributed by atoms with Crippen molar-refractivity contribution < 1.29 is 14.0 Å². The second kappa shape index (κ2) is 7.86. The highest BCUT2D eigenvalue weighted by molar-refractivity contribution is 5.91. The highest BCUT2D eigenvalue weighted by Gasteiger charge is 2.15. The second-order valence-corrected chi connectivity index (χ2v) is 6.31. The number of nitrogens with one attached hydrogen (secondary N) is 2. The Morgan fingerprint density at radius 1 is 1.19 bits per heavy atom. The molecule has 136 valence electrons. The van der Waals surface area contributed by atoms with E-state index in [4.69, 9.17) is 4.42 Å². The number of imidazole rings is 1. The van der Waals surface area contributed by atoms with E-state index in [1.807, 2.05) is 42.7 Å². The zero-order chi connectivity index (χ0) is 18.5. The van der Waals surface area contributed by atoms with Crippen LogP contribution in [0.5, 0.6) is 0 Å². The van der Waals surface area contributed by atoms with E-state index in [0.717, 1.165) is 16.9 Å². The average molecular weight is 354 g/mol. The van der Waals surface area contributed by atoms with Crippen LogP contribution in [0, 0.1) is 0 Å². The Kier molecular flexibility index (Phi) is 5.36. The summed E-state index contributed by atoms with van der Waals surface area (Å²) in [5, 5.41) is 5.70. The van der Waals surface area contributed by atoms with Crippen molar-refractivity contribution in [3.05, 3.63) is 54.2 Å². The maximum Gasteiger partial charge on any atom is 0.286 e. The zero-order valence-electron chi connectivity index (χ0n) is 14.9. The van der Waals surface area contributed by atoms with Crippen LogP contribution >= 0.6 is 0 Å². The molecule has 7 heteroatoms. The van der Waals surface area contributed by atoms with Gasteiger partial charge in [-0.25, -0.2) is 4.98 Å². The summed E-state index contributed by atoms with van der Waals surface area (Å²) in [5.74, 6) is 0.693. The van der Waals surface area contributed by atoms with Crippen molar-refractivity contribution in [2.75, 3.05) is 6.54 Å². The number of benzene rings is 1. The first kappa shape index (κ1) is 17.7. The Morgan fingerprint density at radius 3 is 2.73 bits per heavy atom. The Bertz CT molecular complexity index is 897. The molecule has 2 aromatic heterocycles. The molecule has 3 rings (SSSR count). The first-order valence-electron chi connectivity index (χ1n) is 8.60. The van der Waals surface area contributed by atoms with Gasteiger partial charge in [-0.1, -0.05) is 12.1 Å². The average Bonchev–Trinajstić information content (AvgIpc) is 3.23. The fourth-order valence-electron chi connectivity index (χ4n) is 2.79. The highest BCUT2D eigenvalue weighted by Crippen LogP contribution is 2.16. The fraction of sp³-hybridized carbons (Fsp3) is 0.316. The van der Waals surface area contributed by atoms with Crippen LogP contribution in [0.25, 0.3) is 11.0 Å². The van der Waals surface area contributed by atoms with E-state index in [-0.39, 0.29) is 30.2 Å². The van der Waals surface area contributed by atoms with E-state index in [1.54, 1.807) is 12.1 Å². The molecule has 0 saturated carbocycles. The molecule has 1 aromatic carbocycles. The van der Waals surface area contributed by atoms with Crippen LogP contribution in [0.1, 0.15) is 30.2 Å². The number of rotatable bonds is 7. The Balaban J connectivity index is 1.73. The van der Waals surface area contributed by atoms with E-state index in [2.05, 4.69) is 15.6 Å². The van der Waals surface area contributed by atoms with Crippen molar-refractivity contribution in [2.45, 2.75) is 32.9 Å². The number of para-hydroxylation sites is 2. The third kappa shape index (κ3) is 4.11. The molecule has 0 aliphatic rings. The van der Waals surface area contributed by atoms with E-state index in [0.29, 0.717) is 13.0 Å². The van der Waals surface area contributed by atoms with Crippen molar-refractivity contribution >= 4 is 22.8 Å². The van der Waals surface area contributed by atoms with Crippen molar-refractivity contribution in [1.29, 1.82) is 0 Å². The quantitative estimate of drug-likeness (QED) is 0.680. The summed E-state index contributed by atoms with van der Waals surface area (Å²) in [4.78, 5) is 28.8. The molecule has 26 heavy (non-hydrogen) atoms. The number of amides is 2. The molecule has 3 aromatic rings. The molecule has 0 aliphatic carbocycles. The van der Waals surface area contributed by atoms with Gasteiger partial charge in [-0.05, 0) is 38.1 Å². The van der Waals surface area contributed by atoms with Gasteiger partial charge in [-0.3, -0.25) is 9.59 Å². The van der Waals surface area contributed by atoms with Gasteiger partial charge in [0, 0.05) is 19.0 Å². The van der Waals surface area contributed by atoms with Crippen LogP contribution in [0.2, 0.25) is 0 Å². The van der Waals surface area contributed by atoms with Crippen LogP contribution in [0.15, 0.2) is 47.1 Å². The largest absolute Gasteiger partial charge is 0.459 e. The van der Waals surface area contributed by atoms with Gasteiger partial charge in [0.1, 0.15) is 12.4 Å². The van der Waals surface area contributed by atoms with Gasteiger partial charge < -0.3 is 19.6 Å². The van der Waals surface area contributed by atoms with Gasteiger partial charge in [0.15, 0.2) is 5.76 Å². The first-order valence-corrected chi connectivity index (χ1v) is 8.60. The monoisotopic (exact) mass is 354 g/mol. The smallest absolute Gasteiger partial charge is 0.286 e. The number of carbonyl (C=O) groups is 2. The predicted octanol–water partition coefficient (Wildman–Crippen LogP) is 2.13. The summed E-state index contributed by atoms with van der Waals surface area (Å²) in [5.41, 5.74) is 1.73. The van der Waals surface area contributed by atoms with E-state index >= 15 is 0 Å². The standard InChI is InChI=1S/C19H22N4O3/c1-13(2)21-18(24)12-23-15-7-4-3-6-14(15)22-17(23)9-10-20-19(25)16-8-5-11-26-16/h3-8,11,13H,9-10,12H2,1-2H3,(H,20,25)(H,21,24). The van der Waals surface area contributed by atoms with Crippen LogP contribution in [-0.2, 0) is 17.8 Å². The summed E-state index contributed by atoms with van der Waals surface area (Å²) in [7, 11) is 0. The topological polar surface area (TPSA) is 89.2 Å². The molecule has 2 heterocycles.